The predicted molar refractivity (Wildman–Crippen MR) is 104 cm³/mol. The molecule has 0 aromatic heterocycles. The molecule has 3 rings (SSSR count). The van der Waals surface area contributed by atoms with Gasteiger partial charge < -0.3 is 14.9 Å². The van der Waals surface area contributed by atoms with Crippen molar-refractivity contribution in [2.45, 2.75) is 22.7 Å². The zero-order valence-corrected chi connectivity index (χ0v) is 16.3. The number of hydrogen-bond donors (Lipinski definition) is 1. The number of phenolic OH excluding ortho intramolecular Hbond substituents is 1. The zero-order valence-electron chi connectivity index (χ0n) is 15.5. The number of benzene rings is 2. The van der Waals surface area contributed by atoms with E-state index in [2.05, 4.69) is 0 Å². The molecule has 0 spiro atoms. The number of rotatable bonds is 4. The summed E-state index contributed by atoms with van der Waals surface area (Å²) in [5, 5.41) is 9.03. The number of fused-ring (bicyclic) bond motifs is 1. The minimum atomic E-state index is -4.52. The largest absolute Gasteiger partial charge is 0.508 e. The van der Waals surface area contributed by atoms with E-state index in [9.17, 15) is 23.1 Å². The smallest absolute Gasteiger partial charge is 0.417 e. The number of nitrogens with zero attached hydrogens (tertiary/aromatic N) is 2. The molecular formula is C20H21F3N2O2S. The van der Waals surface area contributed by atoms with E-state index < -0.39 is 17.0 Å². The molecule has 4 nitrogen and oxygen atoms in total. The number of aromatic hydroxyl groups is 1. The lowest BCUT2D eigenvalue weighted by Crippen LogP contribution is -2.36. The van der Waals surface area contributed by atoms with Crippen LogP contribution in [0.25, 0.3) is 0 Å². The van der Waals surface area contributed by atoms with Crippen LogP contribution in [0.2, 0.25) is 0 Å². The highest BCUT2D eigenvalue weighted by Crippen LogP contribution is 2.50. The first-order chi connectivity index (χ1) is 13.2. The van der Waals surface area contributed by atoms with Gasteiger partial charge in [0.25, 0.3) is 0 Å². The van der Waals surface area contributed by atoms with Crippen molar-refractivity contribution < 1.29 is 23.1 Å². The van der Waals surface area contributed by atoms with Crippen LogP contribution >= 0.6 is 11.8 Å². The molecule has 150 valence electrons. The summed E-state index contributed by atoms with van der Waals surface area (Å²) in [6, 6.07) is 10.2. The van der Waals surface area contributed by atoms with Crippen molar-refractivity contribution >= 4 is 23.4 Å². The molecule has 0 bridgehead atoms. The Morgan fingerprint density at radius 3 is 2.46 bits per heavy atom. The molecule has 1 aliphatic rings. The normalized spacial score (nSPS) is 17.6. The fourth-order valence-corrected chi connectivity index (χ4v) is 4.50. The maximum Gasteiger partial charge on any atom is 0.417 e. The number of phenols is 1. The topological polar surface area (TPSA) is 43.8 Å². The number of anilines is 1. The van der Waals surface area contributed by atoms with E-state index >= 15 is 0 Å². The predicted octanol–water partition coefficient (Wildman–Crippen LogP) is 4.54. The zero-order chi connectivity index (χ0) is 20.5. The van der Waals surface area contributed by atoms with Crippen LogP contribution in [0.4, 0.5) is 18.9 Å². The SMILES string of the molecule is CN(C)CCN1C(=O)CC(c2ccc(O)cc2)Sc2c1cccc2C(F)(F)F. The highest BCUT2D eigenvalue weighted by molar-refractivity contribution is 7.99. The Kier molecular flexibility index (Phi) is 5.90. The van der Waals surface area contributed by atoms with Crippen molar-refractivity contribution in [2.75, 3.05) is 32.1 Å². The number of halogens is 3. The van der Waals surface area contributed by atoms with Gasteiger partial charge in [-0.2, -0.15) is 13.2 Å². The van der Waals surface area contributed by atoms with Crippen LogP contribution in [0, 0.1) is 0 Å². The summed E-state index contributed by atoms with van der Waals surface area (Å²) in [4.78, 5) is 16.4. The molecule has 1 heterocycles. The Bertz CT molecular complexity index is 854. The molecule has 0 fully saturated rings. The Morgan fingerprint density at radius 1 is 1.18 bits per heavy atom. The molecule has 1 aliphatic heterocycles. The molecule has 2 aromatic rings. The molecule has 1 unspecified atom stereocenters. The molecule has 0 radical (unpaired) electrons. The average Bonchev–Trinajstić information content (AvgIpc) is 2.75. The fraction of sp³-hybridized carbons (Fsp3) is 0.350. The number of amides is 1. The third-order valence-electron chi connectivity index (χ3n) is 4.55. The summed E-state index contributed by atoms with van der Waals surface area (Å²) in [7, 11) is 3.70. The van der Waals surface area contributed by atoms with E-state index in [4.69, 9.17) is 0 Å². The number of alkyl halides is 3. The van der Waals surface area contributed by atoms with Crippen LogP contribution < -0.4 is 4.90 Å². The first kappa shape index (κ1) is 20.5. The van der Waals surface area contributed by atoms with E-state index in [1.165, 1.54) is 23.1 Å². The van der Waals surface area contributed by atoms with Gasteiger partial charge in [0.15, 0.2) is 0 Å². The van der Waals surface area contributed by atoms with Gasteiger partial charge in [0.05, 0.1) is 11.3 Å². The van der Waals surface area contributed by atoms with Gasteiger partial charge >= 0.3 is 6.18 Å². The van der Waals surface area contributed by atoms with Crippen molar-refractivity contribution in [1.82, 2.24) is 4.90 Å². The lowest BCUT2D eigenvalue weighted by molar-refractivity contribution is -0.139. The minimum Gasteiger partial charge on any atom is -0.508 e. The van der Waals surface area contributed by atoms with E-state index in [-0.39, 0.29) is 23.0 Å². The molecule has 1 atom stereocenters. The highest BCUT2D eigenvalue weighted by Gasteiger charge is 2.39. The number of hydrogen-bond acceptors (Lipinski definition) is 4. The van der Waals surface area contributed by atoms with Crippen molar-refractivity contribution in [3.05, 3.63) is 53.6 Å². The summed E-state index contributed by atoms with van der Waals surface area (Å²) in [5.41, 5.74) is 0.268. The minimum absolute atomic E-state index is 0.0673. The Balaban J connectivity index is 2.09. The first-order valence-corrected chi connectivity index (χ1v) is 9.65. The lowest BCUT2D eigenvalue weighted by Gasteiger charge is -2.25. The van der Waals surface area contributed by atoms with E-state index in [1.807, 2.05) is 19.0 Å². The van der Waals surface area contributed by atoms with E-state index in [0.29, 0.717) is 24.3 Å². The highest BCUT2D eigenvalue weighted by atomic mass is 32.2. The third kappa shape index (κ3) is 4.44. The second-order valence-electron chi connectivity index (χ2n) is 6.90. The monoisotopic (exact) mass is 410 g/mol. The molecular weight excluding hydrogens is 389 g/mol. The second-order valence-corrected chi connectivity index (χ2v) is 8.12. The molecule has 0 saturated carbocycles. The van der Waals surface area contributed by atoms with Gasteiger partial charge in [0.2, 0.25) is 5.91 Å². The van der Waals surface area contributed by atoms with Gasteiger partial charge in [-0.25, -0.2) is 0 Å². The maximum atomic E-state index is 13.7. The van der Waals surface area contributed by atoms with E-state index in [1.54, 1.807) is 18.2 Å². The number of thioether (sulfide) groups is 1. The summed E-state index contributed by atoms with van der Waals surface area (Å²) in [6.07, 6.45) is -4.44. The molecule has 1 N–H and O–H groups in total. The number of carbonyl (C=O) groups excluding carboxylic acids is 1. The Labute approximate surface area is 165 Å². The van der Waals surface area contributed by atoms with Crippen LogP contribution in [-0.2, 0) is 11.0 Å². The maximum absolute atomic E-state index is 13.7. The van der Waals surface area contributed by atoms with Crippen LogP contribution in [0.1, 0.15) is 22.8 Å². The van der Waals surface area contributed by atoms with Crippen molar-refractivity contribution in [1.29, 1.82) is 0 Å². The van der Waals surface area contributed by atoms with Gasteiger partial charge in [-0.1, -0.05) is 18.2 Å². The second kappa shape index (κ2) is 8.05. The molecule has 2 aromatic carbocycles. The molecule has 8 heteroatoms. The summed E-state index contributed by atoms with van der Waals surface area (Å²) >= 11 is 1.05. The quantitative estimate of drug-likeness (QED) is 0.804. The summed E-state index contributed by atoms with van der Waals surface area (Å²) in [5.74, 6) is -0.150. The van der Waals surface area contributed by atoms with Crippen molar-refractivity contribution in [2.24, 2.45) is 0 Å². The van der Waals surface area contributed by atoms with Crippen molar-refractivity contribution in [3.63, 3.8) is 0 Å². The number of carbonyl (C=O) groups is 1. The van der Waals surface area contributed by atoms with Crippen molar-refractivity contribution in [3.8, 4) is 5.75 Å². The van der Waals surface area contributed by atoms with Crippen LogP contribution in [0.15, 0.2) is 47.4 Å². The first-order valence-electron chi connectivity index (χ1n) is 8.77. The fourth-order valence-electron chi connectivity index (χ4n) is 3.09. The standard InChI is InChI=1S/C20H21F3N2O2S/c1-24(2)10-11-25-16-5-3-4-15(20(21,22)23)19(16)28-17(12-18(25)27)13-6-8-14(26)9-7-13/h3-9,17,26H,10-12H2,1-2H3. The molecule has 0 saturated heterocycles. The molecule has 28 heavy (non-hydrogen) atoms. The lowest BCUT2D eigenvalue weighted by atomic mass is 10.1. The summed E-state index contributed by atoms with van der Waals surface area (Å²) in [6.45, 7) is 0.846. The Hall–Kier alpha value is -2.19. The average molecular weight is 410 g/mol. The van der Waals surface area contributed by atoms with Gasteiger partial charge in [-0.3, -0.25) is 4.79 Å². The third-order valence-corrected chi connectivity index (χ3v) is 5.94. The van der Waals surface area contributed by atoms with E-state index in [0.717, 1.165) is 17.8 Å². The molecule has 1 amide bonds. The van der Waals surface area contributed by atoms with Gasteiger partial charge in [-0.05, 0) is 43.9 Å². The van der Waals surface area contributed by atoms with Gasteiger partial charge in [0, 0.05) is 29.7 Å². The summed E-state index contributed by atoms with van der Waals surface area (Å²) < 4.78 is 41.0. The van der Waals surface area contributed by atoms with Crippen LogP contribution in [0.5, 0.6) is 5.75 Å². The van der Waals surface area contributed by atoms with Crippen LogP contribution in [-0.4, -0.2) is 43.1 Å². The molecule has 0 aliphatic carbocycles. The number of likely N-dealkylation sites (N-methyl/N-ethyl adjacent to an activating group) is 1. The van der Waals surface area contributed by atoms with Gasteiger partial charge in [0.1, 0.15) is 5.75 Å². The Morgan fingerprint density at radius 2 is 1.86 bits per heavy atom. The van der Waals surface area contributed by atoms with Gasteiger partial charge in [-0.15, -0.1) is 11.8 Å². The van der Waals surface area contributed by atoms with Crippen LogP contribution in [0.3, 0.4) is 0 Å².